The van der Waals surface area contributed by atoms with E-state index in [2.05, 4.69) is 20.3 Å². The van der Waals surface area contributed by atoms with Crippen molar-refractivity contribution in [1.29, 1.82) is 0 Å². The topological polar surface area (TPSA) is 59.9 Å². The third-order valence-corrected chi connectivity index (χ3v) is 3.71. The lowest BCUT2D eigenvalue weighted by Gasteiger charge is -2.00. The largest absolute Gasteiger partial charge is 0.494 e. The first kappa shape index (κ1) is 12.8. The summed E-state index contributed by atoms with van der Waals surface area (Å²) in [7, 11) is 0. The number of aromatic nitrogens is 3. The van der Waals surface area contributed by atoms with Gasteiger partial charge in [-0.1, -0.05) is 11.3 Å². The molecule has 2 heterocycles. The molecule has 0 aliphatic rings. The van der Waals surface area contributed by atoms with Crippen LogP contribution in [0.4, 0.5) is 5.13 Å². The molecule has 1 aromatic carbocycles. The average Bonchev–Trinajstić information content (AvgIpc) is 2.89. The number of hydrogen-bond donors (Lipinski definition) is 1. The molecule has 0 aliphatic heterocycles. The van der Waals surface area contributed by atoms with Crippen LogP contribution in [-0.2, 0) is 6.54 Å². The molecule has 0 radical (unpaired) electrons. The molecule has 5 nitrogen and oxygen atoms in total. The summed E-state index contributed by atoms with van der Waals surface area (Å²) in [6.45, 7) is 3.29. The van der Waals surface area contributed by atoms with E-state index in [0.29, 0.717) is 13.2 Å². The van der Waals surface area contributed by atoms with Crippen molar-refractivity contribution >= 4 is 26.7 Å². The van der Waals surface area contributed by atoms with Gasteiger partial charge in [0, 0.05) is 6.20 Å². The van der Waals surface area contributed by atoms with E-state index in [9.17, 15) is 0 Å². The lowest BCUT2D eigenvalue weighted by Crippen LogP contribution is -2.00. The molecule has 0 atom stereocenters. The molecule has 0 aliphatic carbocycles. The predicted molar refractivity (Wildman–Crippen MR) is 80.1 cm³/mol. The summed E-state index contributed by atoms with van der Waals surface area (Å²) in [6.07, 6.45) is 3.28. The number of rotatable bonds is 5. The molecule has 102 valence electrons. The maximum Gasteiger partial charge on any atom is 0.184 e. The van der Waals surface area contributed by atoms with Crippen molar-refractivity contribution < 1.29 is 4.74 Å². The van der Waals surface area contributed by atoms with E-state index in [4.69, 9.17) is 4.74 Å². The smallest absolute Gasteiger partial charge is 0.184 e. The number of nitrogens with one attached hydrogen (secondary N) is 1. The van der Waals surface area contributed by atoms with Gasteiger partial charge in [-0.3, -0.25) is 0 Å². The highest BCUT2D eigenvalue weighted by molar-refractivity contribution is 7.22. The van der Waals surface area contributed by atoms with Crippen LogP contribution in [0.3, 0.4) is 0 Å². The Bertz CT molecular complexity index is 699. The van der Waals surface area contributed by atoms with Gasteiger partial charge in [0.05, 0.1) is 29.1 Å². The van der Waals surface area contributed by atoms with E-state index in [1.54, 1.807) is 23.9 Å². The lowest BCUT2D eigenvalue weighted by molar-refractivity contribution is 0.341. The number of hydrogen-bond acceptors (Lipinski definition) is 6. The first-order valence-electron chi connectivity index (χ1n) is 6.37. The Kier molecular flexibility index (Phi) is 3.73. The van der Waals surface area contributed by atoms with Crippen molar-refractivity contribution in [2.45, 2.75) is 13.5 Å². The Morgan fingerprint density at radius 3 is 3.05 bits per heavy atom. The maximum atomic E-state index is 5.49. The summed E-state index contributed by atoms with van der Waals surface area (Å²) in [4.78, 5) is 12.6. The zero-order chi connectivity index (χ0) is 13.8. The standard InChI is InChI=1S/C14H14N4OS/c1-2-19-11-3-4-12-13(7-11)20-14(18-12)16-8-10-5-6-15-9-17-10/h3-7,9H,2,8H2,1H3,(H,16,18). The van der Waals surface area contributed by atoms with Gasteiger partial charge in [0.15, 0.2) is 5.13 Å². The van der Waals surface area contributed by atoms with E-state index in [1.807, 2.05) is 31.2 Å². The van der Waals surface area contributed by atoms with Gasteiger partial charge in [-0.05, 0) is 31.2 Å². The van der Waals surface area contributed by atoms with Gasteiger partial charge < -0.3 is 10.1 Å². The number of fused-ring (bicyclic) bond motifs is 1. The molecule has 0 saturated heterocycles. The monoisotopic (exact) mass is 286 g/mol. The van der Waals surface area contributed by atoms with Crippen LogP contribution in [-0.4, -0.2) is 21.6 Å². The molecule has 1 N–H and O–H groups in total. The molecule has 0 fully saturated rings. The van der Waals surface area contributed by atoms with Crippen molar-refractivity contribution in [1.82, 2.24) is 15.0 Å². The minimum Gasteiger partial charge on any atom is -0.494 e. The molecule has 0 amide bonds. The van der Waals surface area contributed by atoms with Crippen LogP contribution in [0.2, 0.25) is 0 Å². The molecule has 2 aromatic heterocycles. The predicted octanol–water partition coefficient (Wildman–Crippen LogP) is 3.10. The van der Waals surface area contributed by atoms with Gasteiger partial charge in [-0.25, -0.2) is 15.0 Å². The molecule has 0 bridgehead atoms. The fourth-order valence-corrected chi connectivity index (χ4v) is 2.72. The third kappa shape index (κ3) is 2.85. The molecule has 0 unspecified atom stereocenters. The molecule has 20 heavy (non-hydrogen) atoms. The van der Waals surface area contributed by atoms with Crippen LogP contribution in [0.25, 0.3) is 10.2 Å². The van der Waals surface area contributed by atoms with Crippen LogP contribution >= 0.6 is 11.3 Å². The van der Waals surface area contributed by atoms with Gasteiger partial charge in [-0.15, -0.1) is 0 Å². The Morgan fingerprint density at radius 1 is 1.30 bits per heavy atom. The van der Waals surface area contributed by atoms with Crippen molar-refractivity contribution in [3.05, 3.63) is 42.5 Å². The van der Waals surface area contributed by atoms with E-state index in [1.165, 1.54) is 0 Å². The Morgan fingerprint density at radius 2 is 2.25 bits per heavy atom. The fraction of sp³-hybridized carbons (Fsp3) is 0.214. The van der Waals surface area contributed by atoms with E-state index in [-0.39, 0.29) is 0 Å². The first-order valence-corrected chi connectivity index (χ1v) is 7.19. The number of thiazole rings is 1. The Labute approximate surface area is 120 Å². The van der Waals surface area contributed by atoms with Crippen molar-refractivity contribution in [3.8, 4) is 5.75 Å². The molecule has 0 saturated carbocycles. The second-order valence-electron chi connectivity index (χ2n) is 4.14. The zero-order valence-corrected chi connectivity index (χ0v) is 11.9. The van der Waals surface area contributed by atoms with E-state index < -0.39 is 0 Å². The molecule has 0 spiro atoms. The highest BCUT2D eigenvalue weighted by Gasteiger charge is 2.05. The fourth-order valence-electron chi connectivity index (χ4n) is 1.83. The normalized spacial score (nSPS) is 10.7. The van der Waals surface area contributed by atoms with Gasteiger partial charge in [-0.2, -0.15) is 0 Å². The van der Waals surface area contributed by atoms with Crippen LogP contribution in [0, 0.1) is 0 Å². The van der Waals surface area contributed by atoms with Gasteiger partial charge >= 0.3 is 0 Å². The van der Waals surface area contributed by atoms with Gasteiger partial charge in [0.2, 0.25) is 0 Å². The number of anilines is 1. The highest BCUT2D eigenvalue weighted by Crippen LogP contribution is 2.29. The number of benzene rings is 1. The summed E-state index contributed by atoms with van der Waals surface area (Å²) >= 11 is 1.61. The second-order valence-corrected chi connectivity index (χ2v) is 5.17. The first-order chi connectivity index (χ1) is 9.85. The number of nitrogens with zero attached hydrogens (tertiary/aromatic N) is 3. The Hall–Kier alpha value is -2.21. The molecule has 3 rings (SSSR count). The van der Waals surface area contributed by atoms with Gasteiger partial charge in [0.25, 0.3) is 0 Å². The Balaban J connectivity index is 1.75. The van der Waals surface area contributed by atoms with Gasteiger partial charge in [0.1, 0.15) is 12.1 Å². The average molecular weight is 286 g/mol. The minimum absolute atomic E-state index is 0.640. The lowest BCUT2D eigenvalue weighted by atomic mass is 10.3. The third-order valence-electron chi connectivity index (χ3n) is 2.73. The van der Waals surface area contributed by atoms with Crippen LogP contribution in [0.5, 0.6) is 5.75 Å². The minimum atomic E-state index is 0.640. The summed E-state index contributed by atoms with van der Waals surface area (Å²) in [6, 6.07) is 7.83. The molecule has 6 heteroatoms. The van der Waals surface area contributed by atoms with E-state index in [0.717, 1.165) is 26.8 Å². The second kappa shape index (κ2) is 5.83. The SMILES string of the molecule is CCOc1ccc2nc(NCc3ccncn3)sc2c1. The zero-order valence-electron chi connectivity index (χ0n) is 11.0. The van der Waals surface area contributed by atoms with Crippen molar-refractivity contribution in [2.75, 3.05) is 11.9 Å². The summed E-state index contributed by atoms with van der Waals surface area (Å²) in [5.41, 5.74) is 1.91. The molecular formula is C14H14N4OS. The number of ether oxygens (including phenoxy) is 1. The van der Waals surface area contributed by atoms with Crippen molar-refractivity contribution in [3.63, 3.8) is 0 Å². The van der Waals surface area contributed by atoms with E-state index >= 15 is 0 Å². The quantitative estimate of drug-likeness (QED) is 0.781. The maximum absolute atomic E-state index is 5.49. The van der Waals surface area contributed by atoms with Crippen LogP contribution in [0.1, 0.15) is 12.6 Å². The summed E-state index contributed by atoms with van der Waals surface area (Å²) in [5, 5.41) is 4.16. The van der Waals surface area contributed by atoms with Crippen molar-refractivity contribution in [2.24, 2.45) is 0 Å². The summed E-state index contributed by atoms with van der Waals surface area (Å²) in [5.74, 6) is 0.881. The van der Waals surface area contributed by atoms with Crippen LogP contribution in [0.15, 0.2) is 36.8 Å². The summed E-state index contributed by atoms with van der Waals surface area (Å²) < 4.78 is 6.61. The molecule has 3 aromatic rings. The highest BCUT2D eigenvalue weighted by atomic mass is 32.1. The van der Waals surface area contributed by atoms with Crippen LogP contribution < -0.4 is 10.1 Å². The molecular weight excluding hydrogens is 272 g/mol.